The Morgan fingerprint density at radius 3 is 2.54 bits per heavy atom. The third-order valence-electron chi connectivity index (χ3n) is 3.65. The molecule has 1 heterocycles. The summed E-state index contributed by atoms with van der Waals surface area (Å²) in [5.41, 5.74) is 7.10. The molecule has 24 heavy (non-hydrogen) atoms. The van der Waals surface area contributed by atoms with Crippen molar-refractivity contribution >= 4 is 28.9 Å². The van der Waals surface area contributed by atoms with Crippen molar-refractivity contribution < 1.29 is 4.74 Å². The van der Waals surface area contributed by atoms with E-state index in [1.807, 2.05) is 42.8 Å². The number of rotatable bonds is 4. The Hall–Kier alpha value is -2.24. The number of ether oxygens (including phenoxy) is 1. The molecule has 0 spiro atoms. The standard InChI is InChI=1S/C17H16Cl2N4O/c1-10(24-15-8-7-11(20)9-14(15)19)16-21-22-17(23(16)2)12-5-3-4-6-13(12)18/h3-10H,20H2,1-2H3/t10-/m0/s1. The van der Waals surface area contributed by atoms with Crippen molar-refractivity contribution in [2.45, 2.75) is 13.0 Å². The van der Waals surface area contributed by atoms with Gasteiger partial charge in [0.25, 0.3) is 0 Å². The van der Waals surface area contributed by atoms with Gasteiger partial charge in [0.15, 0.2) is 17.8 Å². The molecule has 0 bridgehead atoms. The zero-order chi connectivity index (χ0) is 17.3. The van der Waals surface area contributed by atoms with Gasteiger partial charge in [-0.2, -0.15) is 0 Å². The second-order valence-corrected chi connectivity index (χ2v) is 6.19. The lowest BCUT2D eigenvalue weighted by atomic mass is 10.2. The van der Waals surface area contributed by atoms with Crippen molar-refractivity contribution in [2.24, 2.45) is 7.05 Å². The number of halogens is 2. The van der Waals surface area contributed by atoms with Gasteiger partial charge in [-0.25, -0.2) is 0 Å². The predicted octanol–water partition coefficient (Wildman–Crippen LogP) is 4.51. The maximum atomic E-state index is 6.24. The van der Waals surface area contributed by atoms with E-state index in [0.717, 1.165) is 5.56 Å². The third-order valence-corrected chi connectivity index (χ3v) is 4.27. The Morgan fingerprint density at radius 2 is 1.83 bits per heavy atom. The molecule has 0 aliphatic heterocycles. The molecule has 3 aromatic rings. The number of benzene rings is 2. The van der Waals surface area contributed by atoms with Crippen LogP contribution in [0, 0.1) is 0 Å². The lowest BCUT2D eigenvalue weighted by Crippen LogP contribution is -2.10. The van der Waals surface area contributed by atoms with E-state index in [1.54, 1.807) is 18.2 Å². The van der Waals surface area contributed by atoms with E-state index < -0.39 is 0 Å². The molecule has 0 aliphatic rings. The number of nitrogens with zero attached hydrogens (tertiary/aromatic N) is 3. The molecule has 2 N–H and O–H groups in total. The van der Waals surface area contributed by atoms with Crippen LogP contribution in [0.3, 0.4) is 0 Å². The van der Waals surface area contributed by atoms with Crippen molar-refractivity contribution in [2.75, 3.05) is 5.73 Å². The van der Waals surface area contributed by atoms with Gasteiger partial charge in [0.2, 0.25) is 0 Å². The normalized spacial score (nSPS) is 12.2. The molecule has 2 aromatic carbocycles. The summed E-state index contributed by atoms with van der Waals surface area (Å²) in [7, 11) is 1.87. The zero-order valence-electron chi connectivity index (χ0n) is 13.2. The quantitative estimate of drug-likeness (QED) is 0.693. The van der Waals surface area contributed by atoms with Crippen molar-refractivity contribution in [3.05, 3.63) is 58.3 Å². The second-order valence-electron chi connectivity index (χ2n) is 5.37. The minimum absolute atomic E-state index is 0.347. The molecule has 0 saturated heterocycles. The number of nitrogen functional groups attached to an aromatic ring is 1. The number of aromatic nitrogens is 3. The first kappa shape index (κ1) is 16.6. The summed E-state index contributed by atoms with van der Waals surface area (Å²) in [4.78, 5) is 0. The molecular weight excluding hydrogens is 347 g/mol. The molecule has 5 nitrogen and oxygen atoms in total. The maximum Gasteiger partial charge on any atom is 0.173 e. The first-order valence-corrected chi connectivity index (χ1v) is 8.09. The minimum atomic E-state index is -0.347. The summed E-state index contributed by atoms with van der Waals surface area (Å²) in [5, 5.41) is 9.55. The molecule has 1 aromatic heterocycles. The van der Waals surface area contributed by atoms with Crippen molar-refractivity contribution in [1.82, 2.24) is 14.8 Å². The third kappa shape index (κ3) is 3.18. The highest BCUT2D eigenvalue weighted by Crippen LogP contribution is 2.32. The van der Waals surface area contributed by atoms with Crippen molar-refractivity contribution in [3.8, 4) is 17.1 Å². The van der Waals surface area contributed by atoms with Crippen LogP contribution < -0.4 is 10.5 Å². The molecule has 0 fully saturated rings. The topological polar surface area (TPSA) is 66.0 Å². The van der Waals surface area contributed by atoms with Crippen LogP contribution in [0.2, 0.25) is 10.0 Å². The highest BCUT2D eigenvalue weighted by molar-refractivity contribution is 6.33. The monoisotopic (exact) mass is 362 g/mol. The number of hydrogen-bond donors (Lipinski definition) is 1. The minimum Gasteiger partial charge on any atom is -0.481 e. The average Bonchev–Trinajstić information content (AvgIpc) is 2.92. The molecule has 7 heteroatoms. The molecule has 3 rings (SSSR count). The van der Waals surface area contributed by atoms with Crippen LogP contribution in [-0.4, -0.2) is 14.8 Å². The molecule has 0 amide bonds. The lowest BCUT2D eigenvalue weighted by Gasteiger charge is -2.15. The van der Waals surface area contributed by atoms with Gasteiger partial charge in [0.1, 0.15) is 5.75 Å². The molecule has 0 radical (unpaired) electrons. The molecule has 0 aliphatic carbocycles. The molecular formula is C17H16Cl2N4O. The molecule has 1 atom stereocenters. The van der Waals surface area contributed by atoms with E-state index in [-0.39, 0.29) is 6.10 Å². The summed E-state index contributed by atoms with van der Waals surface area (Å²) in [6, 6.07) is 12.6. The fourth-order valence-electron chi connectivity index (χ4n) is 2.43. The van der Waals surface area contributed by atoms with Crippen LogP contribution >= 0.6 is 23.2 Å². The summed E-state index contributed by atoms with van der Waals surface area (Å²) in [6.07, 6.45) is -0.347. The highest BCUT2D eigenvalue weighted by Gasteiger charge is 2.19. The van der Waals surface area contributed by atoms with Gasteiger partial charge in [-0.15, -0.1) is 10.2 Å². The maximum absolute atomic E-state index is 6.24. The smallest absolute Gasteiger partial charge is 0.173 e. The van der Waals surface area contributed by atoms with Crippen LogP contribution in [0.5, 0.6) is 5.75 Å². The summed E-state index contributed by atoms with van der Waals surface area (Å²) in [6.45, 7) is 1.88. The fourth-order valence-corrected chi connectivity index (χ4v) is 2.88. The average molecular weight is 363 g/mol. The first-order valence-electron chi connectivity index (χ1n) is 7.33. The van der Waals surface area contributed by atoms with Gasteiger partial charge < -0.3 is 15.0 Å². The number of anilines is 1. The Labute approximate surface area is 150 Å². The molecule has 124 valence electrons. The summed E-state index contributed by atoms with van der Waals surface area (Å²) in [5.74, 6) is 1.88. The van der Waals surface area contributed by atoms with Crippen molar-refractivity contribution in [3.63, 3.8) is 0 Å². The Morgan fingerprint density at radius 1 is 1.08 bits per heavy atom. The van der Waals surface area contributed by atoms with Gasteiger partial charge >= 0.3 is 0 Å². The van der Waals surface area contributed by atoms with Gasteiger partial charge in [-0.05, 0) is 37.3 Å². The Balaban J connectivity index is 1.89. The van der Waals surface area contributed by atoms with E-state index >= 15 is 0 Å². The van der Waals surface area contributed by atoms with E-state index in [2.05, 4.69) is 10.2 Å². The van der Waals surface area contributed by atoms with E-state index in [9.17, 15) is 0 Å². The van der Waals surface area contributed by atoms with Crippen LogP contribution in [0.25, 0.3) is 11.4 Å². The fraction of sp³-hybridized carbons (Fsp3) is 0.176. The van der Waals surface area contributed by atoms with Crippen LogP contribution in [0.1, 0.15) is 18.9 Å². The van der Waals surface area contributed by atoms with E-state index in [0.29, 0.717) is 33.1 Å². The van der Waals surface area contributed by atoms with Crippen LogP contribution in [-0.2, 0) is 7.05 Å². The molecule has 0 saturated carbocycles. The largest absolute Gasteiger partial charge is 0.481 e. The van der Waals surface area contributed by atoms with Crippen LogP contribution in [0.15, 0.2) is 42.5 Å². The van der Waals surface area contributed by atoms with Gasteiger partial charge in [-0.3, -0.25) is 0 Å². The predicted molar refractivity (Wildman–Crippen MR) is 96.4 cm³/mol. The van der Waals surface area contributed by atoms with E-state index in [1.165, 1.54) is 0 Å². The second kappa shape index (κ2) is 6.71. The summed E-state index contributed by atoms with van der Waals surface area (Å²) >= 11 is 12.4. The first-order chi connectivity index (χ1) is 11.5. The number of nitrogens with two attached hydrogens (primary N) is 1. The van der Waals surface area contributed by atoms with Crippen LogP contribution in [0.4, 0.5) is 5.69 Å². The highest BCUT2D eigenvalue weighted by atomic mass is 35.5. The van der Waals surface area contributed by atoms with Crippen molar-refractivity contribution in [1.29, 1.82) is 0 Å². The zero-order valence-corrected chi connectivity index (χ0v) is 14.7. The summed E-state index contributed by atoms with van der Waals surface area (Å²) < 4.78 is 7.76. The van der Waals surface area contributed by atoms with Gasteiger partial charge in [0.05, 0.1) is 10.0 Å². The lowest BCUT2D eigenvalue weighted by molar-refractivity contribution is 0.212. The Kier molecular flexibility index (Phi) is 4.64. The number of hydrogen-bond acceptors (Lipinski definition) is 4. The van der Waals surface area contributed by atoms with Gasteiger partial charge in [0, 0.05) is 18.3 Å². The van der Waals surface area contributed by atoms with Gasteiger partial charge in [-0.1, -0.05) is 35.3 Å². The Bertz CT molecular complexity index is 879. The SMILES string of the molecule is C[C@H](Oc1ccc(N)cc1Cl)c1nnc(-c2ccccc2Cl)n1C. The molecule has 0 unspecified atom stereocenters. The van der Waals surface area contributed by atoms with E-state index in [4.69, 9.17) is 33.7 Å².